The van der Waals surface area contributed by atoms with Crippen molar-refractivity contribution in [3.63, 3.8) is 0 Å². The predicted molar refractivity (Wildman–Crippen MR) is 78.3 cm³/mol. The van der Waals surface area contributed by atoms with Gasteiger partial charge < -0.3 is 14.4 Å². The molecule has 4 nitrogen and oxygen atoms in total. The summed E-state index contributed by atoms with van der Waals surface area (Å²) in [5.74, 6) is -0.353. The van der Waals surface area contributed by atoms with Gasteiger partial charge in [0.1, 0.15) is 11.7 Å². The molecule has 1 aromatic carbocycles. The molecule has 0 aromatic heterocycles. The van der Waals surface area contributed by atoms with Crippen LogP contribution in [-0.4, -0.2) is 35.8 Å². The van der Waals surface area contributed by atoms with Gasteiger partial charge in [-0.3, -0.25) is 0 Å². The standard InChI is InChI=1S/C15H19ClFNO3/c1-15(2,3)21-14(19)18-7-6-11(9-18)20-13-5-4-10(16)8-12(13)17/h4-5,8,11H,6-7,9H2,1-3H3. The van der Waals surface area contributed by atoms with Gasteiger partial charge in [-0.1, -0.05) is 11.6 Å². The van der Waals surface area contributed by atoms with Gasteiger partial charge in [-0.25, -0.2) is 9.18 Å². The van der Waals surface area contributed by atoms with Crippen molar-refractivity contribution >= 4 is 17.7 Å². The van der Waals surface area contributed by atoms with Crippen LogP contribution in [0.4, 0.5) is 9.18 Å². The molecule has 1 heterocycles. The third-order valence-corrected chi connectivity index (χ3v) is 3.22. The number of rotatable bonds is 2. The fraction of sp³-hybridized carbons (Fsp3) is 0.533. The van der Waals surface area contributed by atoms with Crippen molar-refractivity contribution in [2.45, 2.75) is 38.9 Å². The summed E-state index contributed by atoms with van der Waals surface area (Å²) in [4.78, 5) is 13.5. The number of hydrogen-bond donors (Lipinski definition) is 0. The van der Waals surface area contributed by atoms with Crippen LogP contribution in [0.2, 0.25) is 5.02 Å². The Hall–Kier alpha value is -1.49. The summed E-state index contributed by atoms with van der Waals surface area (Å²) in [6.45, 7) is 6.37. The number of halogens is 2. The van der Waals surface area contributed by atoms with Gasteiger partial charge in [-0.05, 0) is 39.0 Å². The molecule has 21 heavy (non-hydrogen) atoms. The molecule has 0 spiro atoms. The fourth-order valence-corrected chi connectivity index (χ4v) is 2.23. The molecule has 1 aromatic rings. The number of carbonyl (C=O) groups excluding carboxylic acids is 1. The first-order valence-electron chi connectivity index (χ1n) is 6.84. The lowest BCUT2D eigenvalue weighted by molar-refractivity contribution is 0.0275. The minimum absolute atomic E-state index is 0.149. The van der Waals surface area contributed by atoms with Crippen LogP contribution in [0.15, 0.2) is 18.2 Å². The lowest BCUT2D eigenvalue weighted by Gasteiger charge is -2.24. The Bertz CT molecular complexity index is 530. The number of nitrogens with zero attached hydrogens (tertiary/aromatic N) is 1. The average molecular weight is 316 g/mol. The largest absolute Gasteiger partial charge is 0.485 e. The first-order valence-corrected chi connectivity index (χ1v) is 7.22. The number of likely N-dealkylation sites (tertiary alicyclic amines) is 1. The summed E-state index contributed by atoms with van der Waals surface area (Å²) in [5.41, 5.74) is -0.529. The Balaban J connectivity index is 1.92. The van der Waals surface area contributed by atoms with Gasteiger partial charge in [0, 0.05) is 18.0 Å². The van der Waals surface area contributed by atoms with Crippen LogP contribution in [0.3, 0.4) is 0 Å². The second-order valence-corrected chi connectivity index (χ2v) is 6.47. The van der Waals surface area contributed by atoms with Gasteiger partial charge in [-0.15, -0.1) is 0 Å². The summed E-state index contributed by atoms with van der Waals surface area (Å²) in [6, 6.07) is 4.27. The minimum Gasteiger partial charge on any atom is -0.485 e. The van der Waals surface area contributed by atoms with Crippen LogP contribution in [-0.2, 0) is 4.74 Å². The van der Waals surface area contributed by atoms with Crippen LogP contribution in [0, 0.1) is 5.82 Å². The average Bonchev–Trinajstić information content (AvgIpc) is 2.79. The van der Waals surface area contributed by atoms with Crippen LogP contribution < -0.4 is 4.74 Å². The number of benzene rings is 1. The Morgan fingerprint density at radius 3 is 2.76 bits per heavy atom. The third-order valence-electron chi connectivity index (χ3n) is 2.98. The molecule has 1 saturated heterocycles. The zero-order valence-corrected chi connectivity index (χ0v) is 13.1. The molecule has 116 valence electrons. The van der Waals surface area contributed by atoms with E-state index in [9.17, 15) is 9.18 Å². The highest BCUT2D eigenvalue weighted by Gasteiger charge is 2.31. The van der Waals surface area contributed by atoms with E-state index in [1.807, 2.05) is 20.8 Å². The van der Waals surface area contributed by atoms with Crippen molar-refractivity contribution in [1.29, 1.82) is 0 Å². The van der Waals surface area contributed by atoms with Crippen molar-refractivity contribution in [1.82, 2.24) is 4.90 Å². The molecule has 1 fully saturated rings. The molecular formula is C15H19ClFNO3. The SMILES string of the molecule is CC(C)(C)OC(=O)N1CCC(Oc2ccc(Cl)cc2F)C1. The summed E-state index contributed by atoms with van der Waals surface area (Å²) in [5, 5.41) is 0.321. The van der Waals surface area contributed by atoms with Crippen LogP contribution in [0.1, 0.15) is 27.2 Å². The topological polar surface area (TPSA) is 38.8 Å². The van der Waals surface area contributed by atoms with Gasteiger partial charge in [-0.2, -0.15) is 0 Å². The number of amides is 1. The second-order valence-electron chi connectivity index (χ2n) is 6.03. The first-order chi connectivity index (χ1) is 9.74. The van der Waals surface area contributed by atoms with Crippen molar-refractivity contribution < 1.29 is 18.7 Å². The minimum atomic E-state index is -0.529. The number of ether oxygens (including phenoxy) is 2. The summed E-state index contributed by atoms with van der Waals surface area (Å²) in [7, 11) is 0. The highest BCUT2D eigenvalue weighted by atomic mass is 35.5. The summed E-state index contributed by atoms with van der Waals surface area (Å²) in [6.07, 6.45) is 0.0276. The van der Waals surface area contributed by atoms with Crippen LogP contribution in [0.25, 0.3) is 0 Å². The maximum atomic E-state index is 13.7. The number of hydrogen-bond acceptors (Lipinski definition) is 3. The molecule has 1 aliphatic rings. The van der Waals surface area contributed by atoms with E-state index in [1.165, 1.54) is 12.1 Å². The predicted octanol–water partition coefficient (Wildman–Crippen LogP) is 3.87. The van der Waals surface area contributed by atoms with Crippen molar-refractivity contribution in [3.05, 3.63) is 29.0 Å². The highest BCUT2D eigenvalue weighted by Crippen LogP contribution is 2.25. The second kappa shape index (κ2) is 6.10. The van der Waals surface area contributed by atoms with Gasteiger partial charge in [0.25, 0.3) is 0 Å². The van der Waals surface area contributed by atoms with E-state index in [1.54, 1.807) is 11.0 Å². The molecule has 0 radical (unpaired) electrons. The van der Waals surface area contributed by atoms with Crippen LogP contribution in [0.5, 0.6) is 5.75 Å². The monoisotopic (exact) mass is 315 g/mol. The lowest BCUT2D eigenvalue weighted by atomic mass is 10.2. The van der Waals surface area contributed by atoms with Crippen molar-refractivity contribution in [2.75, 3.05) is 13.1 Å². The smallest absolute Gasteiger partial charge is 0.410 e. The summed E-state index contributed by atoms with van der Waals surface area (Å²) >= 11 is 5.69. The molecule has 0 bridgehead atoms. The lowest BCUT2D eigenvalue weighted by Crippen LogP contribution is -2.36. The van der Waals surface area contributed by atoms with Gasteiger partial charge in [0.05, 0.1) is 6.54 Å². The molecule has 1 aliphatic heterocycles. The molecule has 0 saturated carbocycles. The maximum Gasteiger partial charge on any atom is 0.410 e. The molecule has 1 atom stereocenters. The maximum absolute atomic E-state index is 13.7. The van der Waals surface area contributed by atoms with E-state index in [0.717, 1.165) is 0 Å². The normalized spacial score (nSPS) is 18.7. The Labute approximate surface area is 128 Å². The third kappa shape index (κ3) is 4.49. The quantitative estimate of drug-likeness (QED) is 0.831. The first kappa shape index (κ1) is 15.9. The molecule has 1 amide bonds. The van der Waals surface area contributed by atoms with E-state index < -0.39 is 11.4 Å². The molecule has 1 unspecified atom stereocenters. The fourth-order valence-electron chi connectivity index (χ4n) is 2.07. The zero-order chi connectivity index (χ0) is 15.6. The molecule has 2 rings (SSSR count). The van der Waals surface area contributed by atoms with Crippen LogP contribution >= 0.6 is 11.6 Å². The summed E-state index contributed by atoms with van der Waals surface area (Å²) < 4.78 is 24.6. The van der Waals surface area contributed by atoms with Crippen molar-refractivity contribution in [3.8, 4) is 5.75 Å². The molecule has 0 aliphatic carbocycles. The molecular weight excluding hydrogens is 297 g/mol. The Morgan fingerprint density at radius 2 is 2.14 bits per heavy atom. The van der Waals surface area contributed by atoms with Crippen molar-refractivity contribution in [2.24, 2.45) is 0 Å². The van der Waals surface area contributed by atoms with Gasteiger partial charge in [0.2, 0.25) is 0 Å². The van der Waals surface area contributed by atoms with E-state index in [0.29, 0.717) is 24.5 Å². The van der Waals surface area contributed by atoms with E-state index in [4.69, 9.17) is 21.1 Å². The Morgan fingerprint density at radius 1 is 1.43 bits per heavy atom. The van der Waals surface area contributed by atoms with Gasteiger partial charge >= 0.3 is 6.09 Å². The molecule has 6 heteroatoms. The molecule has 0 N–H and O–H groups in total. The highest BCUT2D eigenvalue weighted by molar-refractivity contribution is 6.30. The number of carbonyl (C=O) groups is 1. The van der Waals surface area contributed by atoms with E-state index >= 15 is 0 Å². The van der Waals surface area contributed by atoms with E-state index in [2.05, 4.69) is 0 Å². The van der Waals surface area contributed by atoms with E-state index in [-0.39, 0.29) is 17.9 Å². The van der Waals surface area contributed by atoms with Gasteiger partial charge in [0.15, 0.2) is 11.6 Å². The Kier molecular flexibility index (Phi) is 4.61. The zero-order valence-electron chi connectivity index (χ0n) is 12.4.